The summed E-state index contributed by atoms with van der Waals surface area (Å²) >= 11 is 0. The topological polar surface area (TPSA) is 94.1 Å². The van der Waals surface area contributed by atoms with Crippen LogP contribution in [-0.2, 0) is 27.9 Å². The van der Waals surface area contributed by atoms with Crippen molar-refractivity contribution in [2.75, 3.05) is 54.1 Å². The Morgan fingerprint density at radius 2 is 0.902 bits per heavy atom. The van der Waals surface area contributed by atoms with Crippen molar-refractivity contribution in [3.05, 3.63) is 0 Å². The van der Waals surface area contributed by atoms with Gasteiger partial charge in [-0.2, -0.15) is 0 Å². The van der Waals surface area contributed by atoms with E-state index in [4.69, 9.17) is 18.5 Å². The first kappa shape index (κ1) is 50.5. The van der Waals surface area contributed by atoms with Gasteiger partial charge >= 0.3 is 5.97 Å². The molecular formula is C42H86NO7P. The minimum atomic E-state index is -4.51. The molecule has 0 aromatic carbocycles. The molecule has 0 amide bonds. The number of phosphoric acid groups is 1. The average Bonchev–Trinajstić information content (AvgIpc) is 3.08. The molecule has 0 spiro atoms. The summed E-state index contributed by atoms with van der Waals surface area (Å²) in [6, 6.07) is 0. The van der Waals surface area contributed by atoms with E-state index >= 15 is 0 Å². The van der Waals surface area contributed by atoms with Gasteiger partial charge < -0.3 is 27.9 Å². The second-order valence-corrected chi connectivity index (χ2v) is 17.5. The van der Waals surface area contributed by atoms with Crippen molar-refractivity contribution < 1.29 is 37.3 Å². The predicted molar refractivity (Wildman–Crippen MR) is 213 cm³/mol. The molecule has 306 valence electrons. The first-order valence-electron chi connectivity index (χ1n) is 21.8. The molecule has 9 heteroatoms. The minimum absolute atomic E-state index is 0.0310. The quantitative estimate of drug-likeness (QED) is 0.0266. The maximum atomic E-state index is 12.6. The van der Waals surface area contributed by atoms with Crippen molar-refractivity contribution in [2.24, 2.45) is 0 Å². The lowest BCUT2D eigenvalue weighted by atomic mass is 10.0. The number of carbonyl (C=O) groups is 1. The standard InChI is InChI=1S/C42H86NO7P/c1-6-8-10-12-14-16-17-18-19-20-21-22-23-24-25-26-28-30-32-34-37-47-39-41(40-49-51(45,46)48-38-36-43(3,4)5)50-42(44)35-33-31-29-27-15-13-11-9-7-2/h41H,6-40H2,1-5H3. The predicted octanol–water partition coefficient (Wildman–Crippen LogP) is 11.9. The van der Waals surface area contributed by atoms with Crippen LogP contribution in [0.15, 0.2) is 0 Å². The van der Waals surface area contributed by atoms with Crippen molar-refractivity contribution in [2.45, 2.75) is 213 Å². The van der Waals surface area contributed by atoms with Crippen LogP contribution in [0.25, 0.3) is 0 Å². The van der Waals surface area contributed by atoms with Crippen LogP contribution >= 0.6 is 7.82 Å². The van der Waals surface area contributed by atoms with Crippen LogP contribution in [-0.4, -0.2) is 70.7 Å². The van der Waals surface area contributed by atoms with Crippen LogP contribution in [0.5, 0.6) is 0 Å². The summed E-state index contributed by atoms with van der Waals surface area (Å²) in [5, 5.41) is 0. The van der Waals surface area contributed by atoms with E-state index in [1.165, 1.54) is 154 Å². The van der Waals surface area contributed by atoms with E-state index in [-0.39, 0.29) is 25.8 Å². The highest BCUT2D eigenvalue weighted by Gasteiger charge is 2.20. The van der Waals surface area contributed by atoms with E-state index in [0.717, 1.165) is 32.1 Å². The maximum Gasteiger partial charge on any atom is 0.306 e. The molecule has 0 aliphatic carbocycles. The smallest absolute Gasteiger partial charge is 0.306 e. The summed E-state index contributed by atoms with van der Waals surface area (Å²) in [5.41, 5.74) is 0. The molecule has 8 nitrogen and oxygen atoms in total. The lowest BCUT2D eigenvalue weighted by Gasteiger charge is -2.28. The number of carbonyl (C=O) groups excluding carboxylic acids is 1. The highest BCUT2D eigenvalue weighted by atomic mass is 31.2. The molecule has 2 unspecified atom stereocenters. The van der Waals surface area contributed by atoms with Crippen LogP contribution in [0.2, 0.25) is 0 Å². The number of phosphoric ester groups is 1. The van der Waals surface area contributed by atoms with Crippen molar-refractivity contribution in [3.63, 3.8) is 0 Å². The second-order valence-electron chi connectivity index (χ2n) is 16.1. The normalized spacial score (nSPS) is 13.8. The minimum Gasteiger partial charge on any atom is -0.756 e. The number of rotatable bonds is 41. The fourth-order valence-electron chi connectivity index (χ4n) is 6.25. The van der Waals surface area contributed by atoms with Gasteiger partial charge in [-0.25, -0.2) is 0 Å². The molecule has 2 atom stereocenters. The average molecular weight is 748 g/mol. The molecule has 0 N–H and O–H groups in total. The number of unbranched alkanes of at least 4 members (excludes halogenated alkanes) is 27. The van der Waals surface area contributed by atoms with E-state index in [1.54, 1.807) is 0 Å². The number of hydrogen-bond acceptors (Lipinski definition) is 7. The third-order valence-corrected chi connectivity index (χ3v) is 10.6. The molecule has 0 aromatic heterocycles. The summed E-state index contributed by atoms with van der Waals surface area (Å²) in [5.74, 6) is -0.333. The number of quaternary nitrogens is 1. The summed E-state index contributed by atoms with van der Waals surface area (Å²) in [6.07, 6.45) is 36.9. The fourth-order valence-corrected chi connectivity index (χ4v) is 6.98. The van der Waals surface area contributed by atoms with Gasteiger partial charge in [-0.3, -0.25) is 9.36 Å². The lowest BCUT2D eigenvalue weighted by Crippen LogP contribution is -2.37. The number of ether oxygens (including phenoxy) is 2. The van der Waals surface area contributed by atoms with E-state index in [9.17, 15) is 14.3 Å². The van der Waals surface area contributed by atoms with Gasteiger partial charge in [0.1, 0.15) is 19.3 Å². The lowest BCUT2D eigenvalue weighted by molar-refractivity contribution is -0.870. The van der Waals surface area contributed by atoms with Gasteiger partial charge in [0.15, 0.2) is 0 Å². The van der Waals surface area contributed by atoms with Crippen LogP contribution in [0.4, 0.5) is 0 Å². The van der Waals surface area contributed by atoms with Crippen molar-refractivity contribution in [3.8, 4) is 0 Å². The molecule has 0 aromatic rings. The Morgan fingerprint density at radius 1 is 0.529 bits per heavy atom. The summed E-state index contributed by atoms with van der Waals surface area (Å²) in [6.45, 7) is 5.44. The van der Waals surface area contributed by atoms with E-state index in [2.05, 4.69) is 13.8 Å². The van der Waals surface area contributed by atoms with Gasteiger partial charge in [-0.15, -0.1) is 0 Å². The Morgan fingerprint density at radius 3 is 1.29 bits per heavy atom. The van der Waals surface area contributed by atoms with E-state index < -0.39 is 13.9 Å². The molecule has 0 bridgehead atoms. The van der Waals surface area contributed by atoms with Gasteiger partial charge in [-0.1, -0.05) is 187 Å². The maximum absolute atomic E-state index is 12.6. The third kappa shape index (κ3) is 40.5. The first-order valence-corrected chi connectivity index (χ1v) is 23.2. The largest absolute Gasteiger partial charge is 0.756 e. The van der Waals surface area contributed by atoms with Crippen molar-refractivity contribution >= 4 is 13.8 Å². The molecule has 0 heterocycles. The molecule has 0 saturated heterocycles. The number of hydrogen-bond donors (Lipinski definition) is 0. The van der Waals surface area contributed by atoms with Gasteiger partial charge in [0.2, 0.25) is 0 Å². The highest BCUT2D eigenvalue weighted by Crippen LogP contribution is 2.38. The van der Waals surface area contributed by atoms with E-state index in [1.807, 2.05) is 21.1 Å². The Labute approximate surface area is 317 Å². The number of likely N-dealkylation sites (N-methyl/N-ethyl adjacent to an activating group) is 1. The second kappa shape index (κ2) is 36.5. The van der Waals surface area contributed by atoms with Gasteiger partial charge in [0, 0.05) is 13.0 Å². The Hall–Kier alpha value is -0.500. The number of esters is 1. The van der Waals surface area contributed by atoms with Crippen LogP contribution in [0, 0.1) is 0 Å². The molecule has 0 rings (SSSR count). The Kier molecular flexibility index (Phi) is 36.1. The Balaban J connectivity index is 4.07. The molecule has 0 radical (unpaired) electrons. The molecule has 51 heavy (non-hydrogen) atoms. The first-order chi connectivity index (χ1) is 24.6. The summed E-state index contributed by atoms with van der Waals surface area (Å²) in [4.78, 5) is 24.9. The molecule has 0 saturated carbocycles. The highest BCUT2D eigenvalue weighted by molar-refractivity contribution is 7.45. The summed E-state index contributed by atoms with van der Waals surface area (Å²) < 4.78 is 34.5. The van der Waals surface area contributed by atoms with Crippen molar-refractivity contribution in [1.29, 1.82) is 0 Å². The number of nitrogens with zero attached hydrogens (tertiary/aromatic N) is 1. The van der Waals surface area contributed by atoms with Gasteiger partial charge in [-0.05, 0) is 12.8 Å². The monoisotopic (exact) mass is 748 g/mol. The Bertz CT molecular complexity index is 792. The van der Waals surface area contributed by atoms with Crippen LogP contribution < -0.4 is 4.89 Å². The molecule has 0 aliphatic heterocycles. The zero-order valence-electron chi connectivity index (χ0n) is 34.6. The van der Waals surface area contributed by atoms with Crippen molar-refractivity contribution in [1.82, 2.24) is 0 Å². The van der Waals surface area contributed by atoms with Gasteiger partial charge in [0.25, 0.3) is 7.82 Å². The van der Waals surface area contributed by atoms with Gasteiger partial charge in [0.05, 0.1) is 34.4 Å². The summed E-state index contributed by atoms with van der Waals surface area (Å²) in [7, 11) is 1.37. The van der Waals surface area contributed by atoms with E-state index in [0.29, 0.717) is 24.1 Å². The molecule has 0 aliphatic rings. The molecule has 0 fully saturated rings. The van der Waals surface area contributed by atoms with Crippen LogP contribution in [0.1, 0.15) is 206 Å². The zero-order chi connectivity index (χ0) is 37.7. The SMILES string of the molecule is CCCCCCCCCCCCCCCCCCCCCCOCC(COP(=O)([O-])OCC[N+](C)(C)C)OC(=O)CCCCCCCCCCC. The van der Waals surface area contributed by atoms with Crippen LogP contribution in [0.3, 0.4) is 0 Å². The third-order valence-electron chi connectivity index (χ3n) is 9.66. The fraction of sp³-hybridized carbons (Fsp3) is 0.976. The zero-order valence-corrected chi connectivity index (χ0v) is 35.5. The molecular weight excluding hydrogens is 661 g/mol.